The average Bonchev–Trinajstić information content (AvgIpc) is 3.01. The van der Waals surface area contributed by atoms with Crippen molar-refractivity contribution < 1.29 is 9.32 Å². The van der Waals surface area contributed by atoms with Gasteiger partial charge in [-0.15, -0.1) is 0 Å². The van der Waals surface area contributed by atoms with Gasteiger partial charge in [0.1, 0.15) is 0 Å². The highest BCUT2D eigenvalue weighted by atomic mass is 16.5. The molecule has 0 radical (unpaired) electrons. The summed E-state index contributed by atoms with van der Waals surface area (Å²) >= 11 is 0. The molecule has 5 rings (SSSR count). The number of amides is 1. The van der Waals surface area contributed by atoms with E-state index in [2.05, 4.69) is 15.5 Å². The molecule has 0 spiro atoms. The standard InChI is InChI=1S/C17H20N4O2/c1-9-15-13(4-14(10-2-3-10)19-16(15)23-20-9)17(22)21-7-11-5-18-6-12(11)8-21/h4,10-12,18H,2-3,5-8H2,1H3/t11-,12+. The van der Waals surface area contributed by atoms with Crippen LogP contribution in [0.15, 0.2) is 10.6 Å². The number of aromatic nitrogens is 2. The number of pyridine rings is 1. The molecule has 6 nitrogen and oxygen atoms in total. The summed E-state index contributed by atoms with van der Waals surface area (Å²) in [5.41, 5.74) is 2.97. The molecular formula is C17H20N4O2. The number of hydrogen-bond acceptors (Lipinski definition) is 5. The molecule has 0 aromatic carbocycles. The molecule has 6 heteroatoms. The number of fused-ring (bicyclic) bond motifs is 2. The van der Waals surface area contributed by atoms with E-state index < -0.39 is 0 Å². The van der Waals surface area contributed by atoms with Crippen LogP contribution in [-0.2, 0) is 0 Å². The van der Waals surface area contributed by atoms with E-state index in [-0.39, 0.29) is 5.91 Å². The first kappa shape index (κ1) is 13.5. The van der Waals surface area contributed by atoms with Gasteiger partial charge >= 0.3 is 0 Å². The maximum Gasteiger partial charge on any atom is 0.259 e. The summed E-state index contributed by atoms with van der Waals surface area (Å²) in [7, 11) is 0. The van der Waals surface area contributed by atoms with Crippen LogP contribution in [0.25, 0.3) is 11.1 Å². The van der Waals surface area contributed by atoms with E-state index in [1.54, 1.807) is 0 Å². The van der Waals surface area contributed by atoms with Gasteiger partial charge in [-0.25, -0.2) is 4.98 Å². The molecule has 23 heavy (non-hydrogen) atoms. The summed E-state index contributed by atoms with van der Waals surface area (Å²) < 4.78 is 5.35. The molecule has 1 aliphatic carbocycles. The predicted molar refractivity (Wildman–Crippen MR) is 84.3 cm³/mol. The van der Waals surface area contributed by atoms with E-state index in [1.165, 1.54) is 0 Å². The molecule has 2 aliphatic heterocycles. The van der Waals surface area contributed by atoms with Crippen LogP contribution in [0.3, 0.4) is 0 Å². The number of aryl methyl sites for hydroxylation is 1. The molecule has 0 unspecified atom stereocenters. The molecule has 2 atom stereocenters. The maximum absolute atomic E-state index is 13.1. The zero-order valence-electron chi connectivity index (χ0n) is 13.2. The zero-order chi connectivity index (χ0) is 15.6. The second-order valence-electron chi connectivity index (χ2n) is 7.21. The van der Waals surface area contributed by atoms with Crippen LogP contribution < -0.4 is 5.32 Å². The lowest BCUT2D eigenvalue weighted by atomic mass is 10.0. The fourth-order valence-corrected chi connectivity index (χ4v) is 4.06. The Hall–Kier alpha value is -1.95. The van der Waals surface area contributed by atoms with Gasteiger partial charge in [0, 0.05) is 37.8 Å². The highest BCUT2D eigenvalue weighted by molar-refractivity contribution is 6.06. The molecule has 1 N–H and O–H groups in total. The van der Waals surface area contributed by atoms with E-state index in [1.807, 2.05) is 17.9 Å². The van der Waals surface area contributed by atoms with Gasteiger partial charge in [-0.1, -0.05) is 5.16 Å². The first-order valence-corrected chi connectivity index (χ1v) is 8.47. The molecule has 2 aromatic rings. The van der Waals surface area contributed by atoms with Gasteiger partial charge in [0.05, 0.1) is 16.6 Å². The minimum absolute atomic E-state index is 0.111. The topological polar surface area (TPSA) is 71.3 Å². The number of nitrogens with one attached hydrogen (secondary N) is 1. The van der Waals surface area contributed by atoms with Gasteiger partial charge in [-0.05, 0) is 37.7 Å². The van der Waals surface area contributed by atoms with Gasteiger partial charge in [0.25, 0.3) is 11.6 Å². The Labute approximate surface area is 134 Å². The lowest BCUT2D eigenvalue weighted by molar-refractivity contribution is 0.0783. The van der Waals surface area contributed by atoms with Crippen molar-refractivity contribution in [3.63, 3.8) is 0 Å². The molecule has 1 amide bonds. The number of rotatable bonds is 2. The highest BCUT2D eigenvalue weighted by Gasteiger charge is 2.39. The second-order valence-corrected chi connectivity index (χ2v) is 7.21. The number of nitrogens with zero attached hydrogens (tertiary/aromatic N) is 3. The Morgan fingerprint density at radius 3 is 2.74 bits per heavy atom. The summed E-state index contributed by atoms with van der Waals surface area (Å²) in [5, 5.41) is 8.23. The van der Waals surface area contributed by atoms with Crippen LogP contribution in [0.1, 0.15) is 40.5 Å². The van der Waals surface area contributed by atoms with Crippen LogP contribution in [0.5, 0.6) is 0 Å². The van der Waals surface area contributed by atoms with E-state index >= 15 is 0 Å². The average molecular weight is 312 g/mol. The summed E-state index contributed by atoms with van der Waals surface area (Å²) in [4.78, 5) is 19.7. The third-order valence-electron chi connectivity index (χ3n) is 5.54. The number of hydrogen-bond donors (Lipinski definition) is 1. The van der Waals surface area contributed by atoms with Crippen molar-refractivity contribution in [2.75, 3.05) is 26.2 Å². The molecule has 120 valence electrons. The summed E-state index contributed by atoms with van der Waals surface area (Å²) in [6.07, 6.45) is 2.30. The predicted octanol–water partition coefficient (Wildman–Crippen LogP) is 1.70. The van der Waals surface area contributed by atoms with Crippen LogP contribution in [0, 0.1) is 18.8 Å². The molecule has 3 fully saturated rings. The minimum Gasteiger partial charge on any atom is -0.338 e. The normalized spacial score (nSPS) is 26.9. The Morgan fingerprint density at radius 1 is 1.30 bits per heavy atom. The summed E-state index contributed by atoms with van der Waals surface area (Å²) in [5.74, 6) is 1.80. The largest absolute Gasteiger partial charge is 0.338 e. The molecule has 0 bridgehead atoms. The molecule has 4 heterocycles. The quantitative estimate of drug-likeness (QED) is 0.914. The van der Waals surface area contributed by atoms with E-state index in [4.69, 9.17) is 4.52 Å². The number of carbonyl (C=O) groups is 1. The van der Waals surface area contributed by atoms with Crippen LogP contribution in [0.2, 0.25) is 0 Å². The highest BCUT2D eigenvalue weighted by Crippen LogP contribution is 2.41. The van der Waals surface area contributed by atoms with Crippen molar-refractivity contribution in [2.45, 2.75) is 25.7 Å². The van der Waals surface area contributed by atoms with Crippen LogP contribution >= 0.6 is 0 Å². The SMILES string of the molecule is Cc1noc2nc(C3CC3)cc(C(=O)N3C[C@H]4CNC[C@H]4C3)c12. The fourth-order valence-electron chi connectivity index (χ4n) is 4.06. The van der Waals surface area contributed by atoms with Crippen molar-refractivity contribution in [2.24, 2.45) is 11.8 Å². The van der Waals surface area contributed by atoms with Gasteiger partial charge in [0.2, 0.25) is 0 Å². The third kappa shape index (κ3) is 2.08. The first-order valence-electron chi connectivity index (χ1n) is 8.47. The third-order valence-corrected chi connectivity index (χ3v) is 5.54. The molecule has 2 saturated heterocycles. The summed E-state index contributed by atoms with van der Waals surface area (Å²) in [6, 6.07) is 1.99. The second kappa shape index (κ2) is 4.77. The van der Waals surface area contributed by atoms with Crippen molar-refractivity contribution in [3.8, 4) is 0 Å². The summed E-state index contributed by atoms with van der Waals surface area (Å²) in [6.45, 7) is 5.64. The molecule has 2 aromatic heterocycles. The minimum atomic E-state index is 0.111. The van der Waals surface area contributed by atoms with Gasteiger partial charge < -0.3 is 14.7 Å². The number of carbonyl (C=O) groups excluding carboxylic acids is 1. The Morgan fingerprint density at radius 2 is 2.04 bits per heavy atom. The van der Waals surface area contributed by atoms with Crippen molar-refractivity contribution in [1.29, 1.82) is 0 Å². The maximum atomic E-state index is 13.1. The van der Waals surface area contributed by atoms with E-state index in [9.17, 15) is 4.79 Å². The van der Waals surface area contributed by atoms with Crippen molar-refractivity contribution in [3.05, 3.63) is 23.0 Å². The Bertz CT molecular complexity index is 783. The number of likely N-dealkylation sites (tertiary alicyclic amines) is 1. The lowest BCUT2D eigenvalue weighted by Gasteiger charge is -2.18. The van der Waals surface area contributed by atoms with Gasteiger partial charge in [-0.2, -0.15) is 0 Å². The smallest absolute Gasteiger partial charge is 0.259 e. The van der Waals surface area contributed by atoms with Crippen LogP contribution in [0.4, 0.5) is 0 Å². The molecule has 1 saturated carbocycles. The Kier molecular flexibility index (Phi) is 2.80. The van der Waals surface area contributed by atoms with E-state index in [0.717, 1.165) is 61.4 Å². The zero-order valence-corrected chi connectivity index (χ0v) is 13.2. The molecule has 3 aliphatic rings. The lowest BCUT2D eigenvalue weighted by Crippen LogP contribution is -2.32. The monoisotopic (exact) mass is 312 g/mol. The fraction of sp³-hybridized carbons (Fsp3) is 0.588. The van der Waals surface area contributed by atoms with Gasteiger partial charge in [-0.3, -0.25) is 4.79 Å². The first-order chi connectivity index (χ1) is 11.2. The molecular weight excluding hydrogens is 292 g/mol. The van der Waals surface area contributed by atoms with Crippen molar-refractivity contribution in [1.82, 2.24) is 20.4 Å². The van der Waals surface area contributed by atoms with Crippen molar-refractivity contribution >= 4 is 17.0 Å². The Balaban J connectivity index is 1.55. The van der Waals surface area contributed by atoms with Crippen LogP contribution in [-0.4, -0.2) is 47.1 Å². The van der Waals surface area contributed by atoms with Gasteiger partial charge in [0.15, 0.2) is 0 Å². The van der Waals surface area contributed by atoms with E-state index in [0.29, 0.717) is 23.5 Å².